The van der Waals surface area contributed by atoms with E-state index in [4.69, 9.17) is 9.47 Å². The number of aryl methyl sites for hydroxylation is 1. The number of amides is 2. The maximum atomic E-state index is 13.4. The Balaban J connectivity index is 1.60. The number of hydrogen-bond donors (Lipinski definition) is 2. The van der Waals surface area contributed by atoms with E-state index in [1.165, 1.54) is 11.3 Å². The zero-order valence-corrected chi connectivity index (χ0v) is 20.5. The highest BCUT2D eigenvalue weighted by Gasteiger charge is 2.35. The van der Waals surface area contributed by atoms with Gasteiger partial charge in [-0.15, -0.1) is 11.3 Å². The highest BCUT2D eigenvalue weighted by atomic mass is 32.1. The third kappa shape index (κ3) is 5.48. The second kappa shape index (κ2) is 9.73. The molecule has 0 radical (unpaired) electrons. The third-order valence-electron chi connectivity index (χ3n) is 5.61. The maximum absolute atomic E-state index is 13.4. The molecule has 1 atom stereocenters. The molecular formula is C27H28N2O4S. The van der Waals surface area contributed by atoms with Gasteiger partial charge >= 0.3 is 0 Å². The smallest absolute Gasteiger partial charge is 0.268 e. The van der Waals surface area contributed by atoms with Crippen LogP contribution in [0.3, 0.4) is 0 Å². The zero-order chi connectivity index (χ0) is 24.3. The molecule has 6 nitrogen and oxygen atoms in total. The second-order valence-corrected chi connectivity index (χ2v) is 9.87. The molecule has 2 N–H and O–H groups in total. The van der Waals surface area contributed by atoms with Gasteiger partial charge in [-0.2, -0.15) is 0 Å². The number of carbonyl (C=O) groups is 2. The summed E-state index contributed by atoms with van der Waals surface area (Å²) in [5, 5.41) is 7.84. The average Bonchev–Trinajstić information content (AvgIpc) is 3.30. The number of methoxy groups -OCH3 is 1. The van der Waals surface area contributed by atoms with E-state index in [-0.39, 0.29) is 23.6 Å². The molecule has 0 fully saturated rings. The van der Waals surface area contributed by atoms with Crippen LogP contribution in [-0.2, 0) is 4.79 Å². The number of nitrogens with one attached hydrogen (secondary N) is 2. The molecule has 1 aliphatic rings. The molecule has 1 aromatic heterocycles. The first-order valence-electron chi connectivity index (χ1n) is 11.0. The molecule has 176 valence electrons. The van der Waals surface area contributed by atoms with Crippen LogP contribution in [0, 0.1) is 6.92 Å². The van der Waals surface area contributed by atoms with Crippen molar-refractivity contribution in [1.82, 2.24) is 10.6 Å². The molecular weight excluding hydrogens is 448 g/mol. The summed E-state index contributed by atoms with van der Waals surface area (Å²) in [5.74, 6) is 0.695. The lowest BCUT2D eigenvalue weighted by Crippen LogP contribution is -2.43. The van der Waals surface area contributed by atoms with Gasteiger partial charge in [-0.05, 0) is 74.2 Å². The first-order valence-corrected chi connectivity index (χ1v) is 11.9. The maximum Gasteiger partial charge on any atom is 0.268 e. The van der Waals surface area contributed by atoms with Crippen molar-refractivity contribution in [3.05, 3.63) is 87.2 Å². The first-order chi connectivity index (χ1) is 16.2. The fourth-order valence-electron chi connectivity index (χ4n) is 3.93. The van der Waals surface area contributed by atoms with Crippen molar-refractivity contribution >= 4 is 29.2 Å². The Morgan fingerprint density at radius 3 is 2.59 bits per heavy atom. The molecule has 0 bridgehead atoms. The van der Waals surface area contributed by atoms with Crippen LogP contribution in [-0.4, -0.2) is 24.5 Å². The van der Waals surface area contributed by atoms with Crippen LogP contribution in [0.1, 0.15) is 52.7 Å². The SMILES string of the molecule is COc1ccc(C(=O)N/C(=C\c2cccs2)C(=O)N[C@H]2CC(C)(C)Oc3cc(C)ccc32)cc1. The number of thiophene rings is 1. The lowest BCUT2D eigenvalue weighted by atomic mass is 9.89. The van der Waals surface area contributed by atoms with Crippen LogP contribution < -0.4 is 20.1 Å². The second-order valence-electron chi connectivity index (χ2n) is 8.89. The lowest BCUT2D eigenvalue weighted by molar-refractivity contribution is -0.119. The van der Waals surface area contributed by atoms with Gasteiger partial charge in [0.25, 0.3) is 11.8 Å². The fourth-order valence-corrected chi connectivity index (χ4v) is 4.59. The molecule has 0 aliphatic carbocycles. The van der Waals surface area contributed by atoms with Crippen molar-refractivity contribution in [2.24, 2.45) is 0 Å². The number of carbonyl (C=O) groups excluding carboxylic acids is 2. The van der Waals surface area contributed by atoms with Crippen LogP contribution in [0.4, 0.5) is 0 Å². The number of ether oxygens (including phenoxy) is 2. The first kappa shape index (κ1) is 23.6. The lowest BCUT2D eigenvalue weighted by Gasteiger charge is -2.38. The highest BCUT2D eigenvalue weighted by Crippen LogP contribution is 2.40. The van der Waals surface area contributed by atoms with Crippen molar-refractivity contribution in [2.45, 2.75) is 38.8 Å². The van der Waals surface area contributed by atoms with Crippen LogP contribution in [0.2, 0.25) is 0 Å². The number of benzene rings is 2. The Morgan fingerprint density at radius 1 is 1.15 bits per heavy atom. The van der Waals surface area contributed by atoms with Crippen molar-refractivity contribution < 1.29 is 19.1 Å². The molecule has 2 amide bonds. The normalized spacial score (nSPS) is 16.7. The summed E-state index contributed by atoms with van der Waals surface area (Å²) >= 11 is 1.49. The quantitative estimate of drug-likeness (QED) is 0.476. The summed E-state index contributed by atoms with van der Waals surface area (Å²) in [7, 11) is 1.57. The van der Waals surface area contributed by atoms with Gasteiger partial charge in [0.05, 0.1) is 13.2 Å². The minimum Gasteiger partial charge on any atom is -0.497 e. The third-order valence-corrected chi connectivity index (χ3v) is 6.43. The summed E-state index contributed by atoms with van der Waals surface area (Å²) < 4.78 is 11.3. The summed E-state index contributed by atoms with van der Waals surface area (Å²) in [6, 6.07) is 16.3. The van der Waals surface area contributed by atoms with Gasteiger partial charge in [-0.25, -0.2) is 0 Å². The van der Waals surface area contributed by atoms with E-state index in [9.17, 15) is 9.59 Å². The molecule has 1 aliphatic heterocycles. The van der Waals surface area contributed by atoms with Gasteiger partial charge in [-0.3, -0.25) is 9.59 Å². The van der Waals surface area contributed by atoms with Gasteiger partial charge in [0.2, 0.25) is 0 Å². The number of hydrogen-bond acceptors (Lipinski definition) is 5. The molecule has 4 rings (SSSR count). The molecule has 3 aromatic rings. The van der Waals surface area contributed by atoms with Gasteiger partial charge in [0, 0.05) is 22.4 Å². The topological polar surface area (TPSA) is 76.7 Å². The van der Waals surface area contributed by atoms with Crippen molar-refractivity contribution in [2.75, 3.05) is 7.11 Å². The monoisotopic (exact) mass is 476 g/mol. The molecule has 7 heteroatoms. The number of fused-ring (bicyclic) bond motifs is 1. The Kier molecular flexibility index (Phi) is 6.75. The average molecular weight is 477 g/mol. The zero-order valence-electron chi connectivity index (χ0n) is 19.7. The molecule has 0 saturated heterocycles. The molecule has 0 spiro atoms. The Morgan fingerprint density at radius 2 is 1.91 bits per heavy atom. The summed E-state index contributed by atoms with van der Waals surface area (Å²) in [6.07, 6.45) is 2.30. The highest BCUT2D eigenvalue weighted by molar-refractivity contribution is 7.10. The van der Waals surface area contributed by atoms with Crippen LogP contribution in [0.25, 0.3) is 6.08 Å². The van der Waals surface area contributed by atoms with Crippen molar-refractivity contribution in [3.63, 3.8) is 0 Å². The van der Waals surface area contributed by atoms with E-state index in [0.717, 1.165) is 21.8 Å². The predicted octanol–water partition coefficient (Wildman–Crippen LogP) is 5.25. The summed E-state index contributed by atoms with van der Waals surface area (Å²) in [4.78, 5) is 27.2. The Hall–Kier alpha value is -3.58. The van der Waals surface area contributed by atoms with E-state index >= 15 is 0 Å². The molecule has 2 aromatic carbocycles. The predicted molar refractivity (Wildman–Crippen MR) is 134 cm³/mol. The molecule has 0 saturated carbocycles. The van der Waals surface area contributed by atoms with Crippen LogP contribution >= 0.6 is 11.3 Å². The van der Waals surface area contributed by atoms with Crippen LogP contribution in [0.5, 0.6) is 11.5 Å². The van der Waals surface area contributed by atoms with Gasteiger partial charge in [-0.1, -0.05) is 18.2 Å². The number of rotatable bonds is 6. The van der Waals surface area contributed by atoms with Gasteiger partial charge in [0.1, 0.15) is 22.8 Å². The van der Waals surface area contributed by atoms with E-state index in [0.29, 0.717) is 17.7 Å². The molecule has 0 unspecified atom stereocenters. The minimum absolute atomic E-state index is 0.182. The van der Waals surface area contributed by atoms with E-state index in [2.05, 4.69) is 10.6 Å². The van der Waals surface area contributed by atoms with Crippen LogP contribution in [0.15, 0.2) is 65.7 Å². The van der Waals surface area contributed by atoms with E-state index in [1.807, 2.05) is 56.5 Å². The molecule has 2 heterocycles. The van der Waals surface area contributed by atoms with Crippen molar-refractivity contribution in [1.29, 1.82) is 0 Å². The summed E-state index contributed by atoms with van der Waals surface area (Å²) in [6.45, 7) is 6.02. The Bertz CT molecular complexity index is 1210. The Labute approximate surface area is 203 Å². The fraction of sp³-hybridized carbons (Fsp3) is 0.259. The molecule has 34 heavy (non-hydrogen) atoms. The summed E-state index contributed by atoms with van der Waals surface area (Å²) in [5.41, 5.74) is 2.18. The van der Waals surface area contributed by atoms with E-state index in [1.54, 1.807) is 37.5 Å². The van der Waals surface area contributed by atoms with Gasteiger partial charge < -0.3 is 20.1 Å². The van der Waals surface area contributed by atoms with Gasteiger partial charge in [0.15, 0.2) is 0 Å². The largest absolute Gasteiger partial charge is 0.497 e. The van der Waals surface area contributed by atoms with Crippen molar-refractivity contribution in [3.8, 4) is 11.5 Å². The standard InChI is InChI=1S/C27H28N2O4S/c1-17-7-12-21-23(16-27(2,3)33-24(21)14-17)29-26(31)22(15-20-6-5-13-34-20)28-25(30)18-8-10-19(32-4)11-9-18/h5-15,23H,16H2,1-4H3,(H,28,30)(H,29,31)/b22-15-/t23-/m0/s1. The van der Waals surface area contributed by atoms with E-state index < -0.39 is 5.60 Å². The minimum atomic E-state index is -0.442.